The summed E-state index contributed by atoms with van der Waals surface area (Å²) in [5.74, 6) is 0. The van der Waals surface area contributed by atoms with Crippen molar-refractivity contribution in [1.29, 1.82) is 0 Å². The van der Waals surface area contributed by atoms with Crippen LogP contribution >= 0.6 is 0 Å². The van der Waals surface area contributed by atoms with Crippen LogP contribution in [-0.2, 0) is 5.60 Å². The maximum Gasteiger partial charge on any atom is 0.120 e. The number of benzene rings is 2. The summed E-state index contributed by atoms with van der Waals surface area (Å²) >= 11 is 0. The molecule has 0 heterocycles. The van der Waals surface area contributed by atoms with Gasteiger partial charge in [-0.15, -0.1) is 0 Å². The molecule has 0 aromatic heterocycles. The average molecular weight is 299 g/mol. The van der Waals surface area contributed by atoms with Crippen LogP contribution in [0, 0.1) is 0 Å². The highest BCUT2D eigenvalue weighted by Crippen LogP contribution is 2.29. The second-order valence-electron chi connectivity index (χ2n) is 3.98. The fourth-order valence-electron chi connectivity index (χ4n) is 1.91. The van der Waals surface area contributed by atoms with Gasteiger partial charge in [0.15, 0.2) is 0 Å². The van der Waals surface area contributed by atoms with Crippen molar-refractivity contribution in [1.82, 2.24) is 0 Å². The van der Waals surface area contributed by atoms with E-state index in [4.69, 9.17) is 5.53 Å². The van der Waals surface area contributed by atoms with Crippen LogP contribution in [0.4, 0.5) is 0 Å². The molecule has 2 rings (SSSR count). The van der Waals surface area contributed by atoms with Crippen molar-refractivity contribution in [2.24, 2.45) is 5.11 Å². The lowest BCUT2D eigenvalue weighted by Gasteiger charge is -2.27. The number of hydrogen-bond donors (Lipinski definition) is 1. The van der Waals surface area contributed by atoms with E-state index in [-0.39, 0.29) is 6.54 Å². The van der Waals surface area contributed by atoms with Crippen molar-refractivity contribution in [3.05, 3.63) is 82.2 Å². The van der Waals surface area contributed by atoms with Gasteiger partial charge < -0.3 is 5.11 Å². The average Bonchev–Trinajstić information content (AvgIpc) is 2.64. The van der Waals surface area contributed by atoms with Gasteiger partial charge in [0.2, 0.25) is 0 Å². The van der Waals surface area contributed by atoms with E-state index in [9.17, 15) is 5.11 Å². The third-order valence-electron chi connectivity index (χ3n) is 2.87. The third kappa shape index (κ3) is 5.24. The molecule has 22 heavy (non-hydrogen) atoms. The Bertz CT molecular complexity index is 510. The summed E-state index contributed by atoms with van der Waals surface area (Å²) in [7, 11) is 0. The SMILES string of the molecule is CC.CC.[N-]=[N+]=NCC(O)(c1ccccc1)c1ccccc1. The highest BCUT2D eigenvalue weighted by atomic mass is 16.3. The van der Waals surface area contributed by atoms with Crippen LogP contribution in [0.3, 0.4) is 0 Å². The molecule has 4 nitrogen and oxygen atoms in total. The summed E-state index contributed by atoms with van der Waals surface area (Å²) in [5.41, 5.74) is 8.61. The summed E-state index contributed by atoms with van der Waals surface area (Å²) in [4.78, 5) is 2.74. The van der Waals surface area contributed by atoms with Gasteiger partial charge in [0, 0.05) is 4.91 Å². The molecular weight excluding hydrogens is 274 g/mol. The minimum Gasteiger partial charge on any atom is -0.380 e. The zero-order chi connectivity index (χ0) is 16.8. The highest BCUT2D eigenvalue weighted by molar-refractivity contribution is 5.36. The van der Waals surface area contributed by atoms with E-state index < -0.39 is 5.60 Å². The van der Waals surface area contributed by atoms with Crippen LogP contribution in [0.5, 0.6) is 0 Å². The Hall–Kier alpha value is -2.29. The molecule has 0 saturated carbocycles. The van der Waals surface area contributed by atoms with Crippen LogP contribution in [0.1, 0.15) is 38.8 Å². The fourth-order valence-corrected chi connectivity index (χ4v) is 1.91. The smallest absolute Gasteiger partial charge is 0.120 e. The second-order valence-corrected chi connectivity index (χ2v) is 3.98. The van der Waals surface area contributed by atoms with E-state index in [1.54, 1.807) is 0 Å². The van der Waals surface area contributed by atoms with Gasteiger partial charge in [0.05, 0.1) is 6.54 Å². The van der Waals surface area contributed by atoms with Gasteiger partial charge in [-0.1, -0.05) is 93.5 Å². The molecule has 0 aliphatic carbocycles. The zero-order valence-corrected chi connectivity index (χ0v) is 13.8. The van der Waals surface area contributed by atoms with Crippen molar-refractivity contribution in [3.8, 4) is 0 Å². The minimum absolute atomic E-state index is 0.0302. The summed E-state index contributed by atoms with van der Waals surface area (Å²) in [6, 6.07) is 18.4. The molecule has 0 saturated heterocycles. The molecule has 2 aromatic rings. The van der Waals surface area contributed by atoms with Crippen LogP contribution in [-0.4, -0.2) is 11.7 Å². The lowest BCUT2D eigenvalue weighted by Crippen LogP contribution is -2.30. The number of nitrogens with zero attached hydrogens (tertiary/aromatic N) is 3. The summed E-state index contributed by atoms with van der Waals surface area (Å²) in [6.07, 6.45) is 0. The van der Waals surface area contributed by atoms with E-state index in [0.29, 0.717) is 11.1 Å². The molecule has 4 heteroatoms. The van der Waals surface area contributed by atoms with E-state index >= 15 is 0 Å². The lowest BCUT2D eigenvalue weighted by molar-refractivity contribution is 0.0903. The molecule has 0 unspecified atom stereocenters. The zero-order valence-electron chi connectivity index (χ0n) is 13.8. The largest absolute Gasteiger partial charge is 0.380 e. The quantitative estimate of drug-likeness (QED) is 0.465. The van der Waals surface area contributed by atoms with Crippen molar-refractivity contribution in [2.75, 3.05) is 6.54 Å². The highest BCUT2D eigenvalue weighted by Gasteiger charge is 2.30. The Labute approximate surface area is 133 Å². The number of rotatable bonds is 4. The normalized spacial score (nSPS) is 9.32. The monoisotopic (exact) mass is 299 g/mol. The molecule has 118 valence electrons. The Morgan fingerprint density at radius 1 is 0.864 bits per heavy atom. The molecule has 0 bridgehead atoms. The predicted octanol–water partition coefficient (Wildman–Crippen LogP) is 5.29. The van der Waals surface area contributed by atoms with Crippen LogP contribution in [0.15, 0.2) is 65.8 Å². The maximum atomic E-state index is 10.8. The third-order valence-corrected chi connectivity index (χ3v) is 2.87. The number of hydrogen-bond acceptors (Lipinski definition) is 2. The lowest BCUT2D eigenvalue weighted by atomic mass is 9.86. The summed E-state index contributed by atoms with van der Waals surface area (Å²) in [5, 5.41) is 14.3. The van der Waals surface area contributed by atoms with Gasteiger partial charge in [0.1, 0.15) is 5.60 Å². The molecule has 0 spiro atoms. The van der Waals surface area contributed by atoms with Crippen LogP contribution in [0.2, 0.25) is 0 Å². The van der Waals surface area contributed by atoms with Crippen LogP contribution < -0.4 is 0 Å². The van der Waals surface area contributed by atoms with Gasteiger partial charge in [-0.25, -0.2) is 0 Å². The molecule has 1 N–H and O–H groups in total. The Morgan fingerprint density at radius 3 is 1.55 bits per heavy atom. The topological polar surface area (TPSA) is 69.0 Å². The maximum absolute atomic E-state index is 10.8. The first-order valence-corrected chi connectivity index (χ1v) is 7.61. The Balaban J connectivity index is 0.00000102. The van der Waals surface area contributed by atoms with Gasteiger partial charge in [-0.2, -0.15) is 0 Å². The fraction of sp³-hybridized carbons (Fsp3) is 0.333. The first kappa shape index (κ1) is 19.7. The number of azide groups is 1. The van der Waals surface area contributed by atoms with Crippen molar-refractivity contribution in [2.45, 2.75) is 33.3 Å². The van der Waals surface area contributed by atoms with Gasteiger partial charge in [-0.05, 0) is 16.7 Å². The molecule has 0 aliphatic rings. The van der Waals surface area contributed by atoms with Gasteiger partial charge in [0.25, 0.3) is 0 Å². The molecule has 0 fully saturated rings. The summed E-state index contributed by atoms with van der Waals surface area (Å²) < 4.78 is 0. The van der Waals surface area contributed by atoms with Crippen molar-refractivity contribution < 1.29 is 5.11 Å². The molecule has 2 aromatic carbocycles. The molecular formula is C18H25N3O. The first-order valence-electron chi connectivity index (χ1n) is 7.61. The van der Waals surface area contributed by atoms with E-state index in [1.807, 2.05) is 88.4 Å². The molecule has 0 radical (unpaired) electrons. The van der Waals surface area contributed by atoms with E-state index in [0.717, 1.165) is 0 Å². The summed E-state index contributed by atoms with van der Waals surface area (Å²) in [6.45, 7) is 7.97. The van der Waals surface area contributed by atoms with Crippen molar-refractivity contribution >= 4 is 0 Å². The van der Waals surface area contributed by atoms with Gasteiger partial charge in [-0.3, -0.25) is 0 Å². The molecule has 0 atom stereocenters. The van der Waals surface area contributed by atoms with Crippen molar-refractivity contribution in [3.63, 3.8) is 0 Å². The number of aliphatic hydroxyl groups is 1. The standard InChI is InChI=1S/C14H13N3O.2C2H6/c15-17-16-11-14(18,12-7-3-1-4-8-12)13-9-5-2-6-10-13;2*1-2/h1-10,18H,11H2;2*1-2H3. The molecule has 0 aliphatic heterocycles. The first-order chi connectivity index (χ1) is 10.8. The second kappa shape index (κ2) is 11.4. The van der Waals surface area contributed by atoms with E-state index in [2.05, 4.69) is 10.0 Å². The predicted molar refractivity (Wildman–Crippen MR) is 92.6 cm³/mol. The Morgan fingerprint density at radius 2 is 1.23 bits per heavy atom. The van der Waals surface area contributed by atoms with E-state index in [1.165, 1.54) is 0 Å². The Kier molecular flexibility index (Phi) is 10.2. The molecule has 0 amide bonds. The van der Waals surface area contributed by atoms with Gasteiger partial charge >= 0.3 is 0 Å². The minimum atomic E-state index is -1.28. The van der Waals surface area contributed by atoms with Crippen LogP contribution in [0.25, 0.3) is 10.4 Å².